The highest BCUT2D eigenvalue weighted by Crippen LogP contribution is 2.26. The molecule has 0 saturated heterocycles. The number of benzene rings is 2. The summed E-state index contributed by atoms with van der Waals surface area (Å²) in [5, 5.41) is 6.32. The molecule has 0 spiro atoms. The molecule has 3 atom stereocenters. The summed E-state index contributed by atoms with van der Waals surface area (Å²) in [7, 11) is 4.98. The molecule has 2 N–H and O–H groups in total. The number of ether oxygens (including phenoxy) is 3. The average Bonchev–Trinajstić information content (AvgIpc) is 2.83. The molecule has 2 amide bonds. The molecule has 178 valence electrons. The topological polar surface area (TPSA) is 89.1 Å². The Morgan fingerprint density at radius 1 is 1.15 bits per heavy atom. The highest BCUT2D eigenvalue weighted by molar-refractivity contribution is 6.05. The SMILES string of the molecule is COc1ccc(C(=O)Nc2ccc3c(c2)C(=O)N(C)C[C@H](OC)[C@H](C)CN[C@@H](C)CO3)cc1. The second-order valence-corrected chi connectivity index (χ2v) is 8.45. The summed E-state index contributed by atoms with van der Waals surface area (Å²) >= 11 is 0. The van der Waals surface area contributed by atoms with E-state index in [0.29, 0.717) is 41.5 Å². The van der Waals surface area contributed by atoms with Gasteiger partial charge in [-0.05, 0) is 55.3 Å². The quantitative estimate of drug-likeness (QED) is 0.737. The Bertz CT molecular complexity index is 963. The second kappa shape index (κ2) is 11.2. The first-order chi connectivity index (χ1) is 15.8. The molecule has 8 nitrogen and oxygen atoms in total. The van der Waals surface area contributed by atoms with Crippen molar-refractivity contribution in [1.29, 1.82) is 0 Å². The summed E-state index contributed by atoms with van der Waals surface area (Å²) in [4.78, 5) is 27.7. The van der Waals surface area contributed by atoms with E-state index in [1.165, 1.54) is 0 Å². The summed E-state index contributed by atoms with van der Waals surface area (Å²) in [6.45, 7) is 5.74. The van der Waals surface area contributed by atoms with Gasteiger partial charge in [0.15, 0.2) is 0 Å². The van der Waals surface area contributed by atoms with Gasteiger partial charge in [0, 0.05) is 44.5 Å². The molecule has 0 unspecified atom stereocenters. The number of methoxy groups -OCH3 is 2. The van der Waals surface area contributed by atoms with E-state index in [0.717, 1.165) is 6.54 Å². The molecule has 2 aromatic carbocycles. The largest absolute Gasteiger partial charge is 0.497 e. The lowest BCUT2D eigenvalue weighted by molar-refractivity contribution is 0.0281. The zero-order valence-electron chi connectivity index (χ0n) is 19.9. The fourth-order valence-electron chi connectivity index (χ4n) is 3.68. The van der Waals surface area contributed by atoms with E-state index in [2.05, 4.69) is 17.6 Å². The summed E-state index contributed by atoms with van der Waals surface area (Å²) < 4.78 is 16.8. The molecule has 0 aromatic heterocycles. The van der Waals surface area contributed by atoms with Gasteiger partial charge in [0.05, 0.1) is 18.8 Å². The maximum atomic E-state index is 13.3. The molecular weight excluding hydrogens is 422 g/mol. The molecule has 1 heterocycles. The van der Waals surface area contributed by atoms with Crippen molar-refractivity contribution in [2.75, 3.05) is 46.3 Å². The lowest BCUT2D eigenvalue weighted by Gasteiger charge is -2.30. The highest BCUT2D eigenvalue weighted by atomic mass is 16.5. The van der Waals surface area contributed by atoms with Crippen LogP contribution in [0.25, 0.3) is 0 Å². The monoisotopic (exact) mass is 455 g/mol. The van der Waals surface area contributed by atoms with Crippen molar-refractivity contribution in [2.45, 2.75) is 26.0 Å². The fourth-order valence-corrected chi connectivity index (χ4v) is 3.68. The van der Waals surface area contributed by atoms with Crippen molar-refractivity contribution >= 4 is 17.5 Å². The number of hydrogen-bond donors (Lipinski definition) is 2. The summed E-state index contributed by atoms with van der Waals surface area (Å²) in [6, 6.07) is 12.0. The first-order valence-electron chi connectivity index (χ1n) is 11.1. The van der Waals surface area contributed by atoms with Crippen LogP contribution in [0.2, 0.25) is 0 Å². The number of amides is 2. The third-order valence-electron chi connectivity index (χ3n) is 5.84. The van der Waals surface area contributed by atoms with Crippen LogP contribution in [0.5, 0.6) is 11.5 Å². The van der Waals surface area contributed by atoms with Gasteiger partial charge in [-0.15, -0.1) is 0 Å². The van der Waals surface area contributed by atoms with Crippen molar-refractivity contribution < 1.29 is 23.8 Å². The first-order valence-corrected chi connectivity index (χ1v) is 11.1. The summed E-state index contributed by atoms with van der Waals surface area (Å²) in [5.74, 6) is 0.885. The third kappa shape index (κ3) is 6.24. The summed E-state index contributed by atoms with van der Waals surface area (Å²) in [5.41, 5.74) is 1.38. The highest BCUT2D eigenvalue weighted by Gasteiger charge is 2.25. The minimum Gasteiger partial charge on any atom is -0.497 e. The number of nitrogens with one attached hydrogen (secondary N) is 2. The van der Waals surface area contributed by atoms with Gasteiger partial charge in [0.25, 0.3) is 11.8 Å². The molecule has 0 bridgehead atoms. The fraction of sp³-hybridized carbons (Fsp3) is 0.440. The minimum atomic E-state index is -0.279. The maximum absolute atomic E-state index is 13.3. The minimum absolute atomic E-state index is 0.0968. The molecule has 0 fully saturated rings. The predicted octanol–water partition coefficient (Wildman–Crippen LogP) is 3.04. The van der Waals surface area contributed by atoms with Gasteiger partial charge >= 0.3 is 0 Å². The predicted molar refractivity (Wildman–Crippen MR) is 127 cm³/mol. The molecule has 0 saturated carbocycles. The van der Waals surface area contributed by atoms with Crippen molar-refractivity contribution in [3.63, 3.8) is 0 Å². The van der Waals surface area contributed by atoms with Crippen LogP contribution < -0.4 is 20.1 Å². The van der Waals surface area contributed by atoms with E-state index in [4.69, 9.17) is 14.2 Å². The van der Waals surface area contributed by atoms with Gasteiger partial charge in [-0.3, -0.25) is 9.59 Å². The number of carbonyl (C=O) groups excluding carboxylic acids is 2. The van der Waals surface area contributed by atoms with Gasteiger partial charge in [0.2, 0.25) is 0 Å². The third-order valence-corrected chi connectivity index (χ3v) is 5.84. The smallest absolute Gasteiger partial charge is 0.257 e. The van der Waals surface area contributed by atoms with Gasteiger partial charge in [-0.1, -0.05) is 6.92 Å². The number of nitrogens with zero attached hydrogens (tertiary/aromatic N) is 1. The Balaban J connectivity index is 1.86. The Labute approximate surface area is 195 Å². The van der Waals surface area contributed by atoms with E-state index in [9.17, 15) is 9.59 Å². The van der Waals surface area contributed by atoms with Crippen LogP contribution in [-0.2, 0) is 4.74 Å². The van der Waals surface area contributed by atoms with Crippen molar-refractivity contribution in [3.8, 4) is 11.5 Å². The van der Waals surface area contributed by atoms with Gasteiger partial charge in [-0.25, -0.2) is 0 Å². The zero-order chi connectivity index (χ0) is 24.0. The Hall–Kier alpha value is -3.10. The molecule has 0 aliphatic carbocycles. The molecule has 8 heteroatoms. The van der Waals surface area contributed by atoms with Crippen LogP contribution in [0.1, 0.15) is 34.6 Å². The average molecular weight is 456 g/mol. The van der Waals surface area contributed by atoms with Crippen molar-refractivity contribution in [3.05, 3.63) is 53.6 Å². The number of hydrogen-bond acceptors (Lipinski definition) is 6. The first kappa shape index (κ1) is 24.5. The Morgan fingerprint density at radius 3 is 2.55 bits per heavy atom. The molecule has 3 rings (SSSR count). The van der Waals surface area contributed by atoms with Gasteiger partial charge < -0.3 is 29.7 Å². The van der Waals surface area contributed by atoms with E-state index in [1.54, 1.807) is 68.6 Å². The van der Waals surface area contributed by atoms with Crippen LogP contribution in [0.4, 0.5) is 5.69 Å². The van der Waals surface area contributed by atoms with Crippen LogP contribution >= 0.6 is 0 Å². The van der Waals surface area contributed by atoms with Crippen molar-refractivity contribution in [1.82, 2.24) is 10.2 Å². The van der Waals surface area contributed by atoms with Gasteiger partial charge in [-0.2, -0.15) is 0 Å². The van der Waals surface area contributed by atoms with Crippen LogP contribution in [-0.4, -0.2) is 69.8 Å². The molecular formula is C25H33N3O5. The number of rotatable bonds is 4. The van der Waals surface area contributed by atoms with Crippen LogP contribution in [0, 0.1) is 5.92 Å². The standard InChI is InChI=1S/C25H33N3O5/c1-16-13-26-17(2)15-33-22-11-8-19(12-21(22)25(30)28(3)14-23(16)32-5)27-24(29)18-6-9-20(31-4)10-7-18/h6-12,16-17,23,26H,13-15H2,1-5H3,(H,27,29)/t16-,17+,23+/m1/s1. The molecule has 1 aliphatic rings. The van der Waals surface area contributed by atoms with Crippen LogP contribution in [0.15, 0.2) is 42.5 Å². The lowest BCUT2D eigenvalue weighted by atomic mass is 10.0. The normalized spacial score (nSPS) is 21.8. The molecule has 2 aromatic rings. The Kier molecular flexibility index (Phi) is 8.30. The zero-order valence-corrected chi connectivity index (χ0v) is 19.9. The Morgan fingerprint density at radius 2 is 1.88 bits per heavy atom. The van der Waals surface area contributed by atoms with E-state index in [-0.39, 0.29) is 29.9 Å². The van der Waals surface area contributed by atoms with E-state index >= 15 is 0 Å². The maximum Gasteiger partial charge on any atom is 0.257 e. The summed E-state index contributed by atoms with van der Waals surface area (Å²) in [6.07, 6.45) is -0.111. The molecule has 0 radical (unpaired) electrons. The number of fused-ring (bicyclic) bond motifs is 1. The van der Waals surface area contributed by atoms with Gasteiger partial charge in [0.1, 0.15) is 18.1 Å². The number of likely N-dealkylation sites (N-methyl/N-ethyl adjacent to an activating group) is 1. The molecule has 33 heavy (non-hydrogen) atoms. The van der Waals surface area contributed by atoms with E-state index < -0.39 is 0 Å². The number of carbonyl (C=O) groups is 2. The second-order valence-electron chi connectivity index (χ2n) is 8.45. The molecule has 1 aliphatic heterocycles. The number of anilines is 1. The van der Waals surface area contributed by atoms with E-state index in [1.807, 2.05) is 6.92 Å². The van der Waals surface area contributed by atoms with Crippen LogP contribution in [0.3, 0.4) is 0 Å². The lowest BCUT2D eigenvalue weighted by Crippen LogP contribution is -2.44. The van der Waals surface area contributed by atoms with Crippen molar-refractivity contribution in [2.24, 2.45) is 5.92 Å².